The number of benzene rings is 2. The Morgan fingerprint density at radius 1 is 1.00 bits per heavy atom. The molecule has 0 spiro atoms. The number of methoxy groups -OCH3 is 2. The van der Waals surface area contributed by atoms with Crippen molar-refractivity contribution in [2.45, 2.75) is 25.7 Å². The average molecular weight is 316 g/mol. The van der Waals surface area contributed by atoms with E-state index in [1.54, 1.807) is 14.2 Å². The molecule has 1 atom stereocenters. The molecule has 0 aliphatic rings. The highest BCUT2D eigenvalue weighted by Crippen LogP contribution is 2.25. The maximum absolute atomic E-state index is 12.1. The molecule has 0 aliphatic carbocycles. The summed E-state index contributed by atoms with van der Waals surface area (Å²) in [5.41, 5.74) is 0.963. The number of hydrogen-bond donors (Lipinski definition) is 0. The standard InChI is InChI=1S/C19H24O4/c1-14(19(20)23-11-5-4-10-21-2)15-6-7-17-13-18(22-3)9-8-16(17)12-15/h6-9,12-14H,4-5,10-11H2,1-3H3/t14-/m0/s1. The Balaban J connectivity index is 1.99. The fraction of sp³-hybridized carbons (Fsp3) is 0.421. The van der Waals surface area contributed by atoms with Crippen LogP contribution in [0.5, 0.6) is 5.75 Å². The third kappa shape index (κ3) is 4.70. The molecule has 0 unspecified atom stereocenters. The van der Waals surface area contributed by atoms with Gasteiger partial charge < -0.3 is 14.2 Å². The summed E-state index contributed by atoms with van der Waals surface area (Å²) >= 11 is 0. The molecule has 2 aromatic rings. The van der Waals surface area contributed by atoms with Gasteiger partial charge in [0.05, 0.1) is 19.6 Å². The van der Waals surface area contributed by atoms with E-state index in [1.807, 2.05) is 43.3 Å². The van der Waals surface area contributed by atoms with Gasteiger partial charge in [-0.05, 0) is 48.2 Å². The fourth-order valence-electron chi connectivity index (χ4n) is 2.42. The van der Waals surface area contributed by atoms with Gasteiger partial charge in [0.25, 0.3) is 0 Å². The van der Waals surface area contributed by atoms with Gasteiger partial charge in [-0.1, -0.05) is 24.3 Å². The van der Waals surface area contributed by atoms with E-state index < -0.39 is 0 Å². The van der Waals surface area contributed by atoms with Gasteiger partial charge in [0.2, 0.25) is 0 Å². The van der Waals surface area contributed by atoms with Crippen molar-refractivity contribution in [2.24, 2.45) is 0 Å². The van der Waals surface area contributed by atoms with Crippen molar-refractivity contribution in [3.63, 3.8) is 0 Å². The summed E-state index contributed by atoms with van der Waals surface area (Å²) in [7, 11) is 3.32. The summed E-state index contributed by atoms with van der Waals surface area (Å²) in [6.45, 7) is 3.01. The molecular formula is C19H24O4. The molecule has 124 valence electrons. The number of carbonyl (C=O) groups excluding carboxylic acids is 1. The zero-order chi connectivity index (χ0) is 16.7. The van der Waals surface area contributed by atoms with Gasteiger partial charge in [-0.3, -0.25) is 4.79 Å². The molecule has 2 rings (SSSR count). The minimum Gasteiger partial charge on any atom is -0.497 e. The lowest BCUT2D eigenvalue weighted by molar-refractivity contribution is -0.145. The van der Waals surface area contributed by atoms with Crippen LogP contribution in [0.2, 0.25) is 0 Å². The van der Waals surface area contributed by atoms with E-state index in [4.69, 9.17) is 14.2 Å². The first-order chi connectivity index (χ1) is 11.2. The van der Waals surface area contributed by atoms with Crippen molar-refractivity contribution in [3.8, 4) is 5.75 Å². The van der Waals surface area contributed by atoms with E-state index >= 15 is 0 Å². The zero-order valence-electron chi connectivity index (χ0n) is 14.0. The highest BCUT2D eigenvalue weighted by atomic mass is 16.5. The smallest absolute Gasteiger partial charge is 0.313 e. The van der Waals surface area contributed by atoms with Crippen molar-refractivity contribution in [3.05, 3.63) is 42.0 Å². The van der Waals surface area contributed by atoms with Crippen LogP contribution in [0.15, 0.2) is 36.4 Å². The Hall–Kier alpha value is -2.07. The van der Waals surface area contributed by atoms with Crippen LogP contribution in [0.1, 0.15) is 31.2 Å². The van der Waals surface area contributed by atoms with Gasteiger partial charge in [-0.25, -0.2) is 0 Å². The number of rotatable bonds is 8. The molecule has 4 heteroatoms. The maximum Gasteiger partial charge on any atom is 0.313 e. The number of carbonyl (C=O) groups is 1. The summed E-state index contributed by atoms with van der Waals surface area (Å²) in [6, 6.07) is 11.9. The quantitative estimate of drug-likeness (QED) is 0.547. The predicted octanol–water partition coefficient (Wildman–Crippen LogP) is 3.92. The van der Waals surface area contributed by atoms with Crippen molar-refractivity contribution >= 4 is 16.7 Å². The molecule has 0 fully saturated rings. The maximum atomic E-state index is 12.1. The van der Waals surface area contributed by atoms with Crippen molar-refractivity contribution in [1.82, 2.24) is 0 Å². The Bertz CT molecular complexity index is 651. The Morgan fingerprint density at radius 3 is 2.43 bits per heavy atom. The van der Waals surface area contributed by atoms with E-state index in [2.05, 4.69) is 0 Å². The molecule has 4 nitrogen and oxygen atoms in total. The average Bonchev–Trinajstić information content (AvgIpc) is 2.59. The van der Waals surface area contributed by atoms with Gasteiger partial charge in [0, 0.05) is 13.7 Å². The monoisotopic (exact) mass is 316 g/mol. The molecule has 0 aliphatic heterocycles. The first kappa shape index (κ1) is 17.3. The molecule has 0 N–H and O–H groups in total. The number of ether oxygens (including phenoxy) is 3. The predicted molar refractivity (Wildman–Crippen MR) is 91.0 cm³/mol. The van der Waals surface area contributed by atoms with E-state index in [0.717, 1.165) is 34.9 Å². The lowest BCUT2D eigenvalue weighted by Gasteiger charge is -2.13. The van der Waals surface area contributed by atoms with Crippen molar-refractivity contribution in [1.29, 1.82) is 0 Å². The summed E-state index contributed by atoms with van der Waals surface area (Å²) in [4.78, 5) is 12.1. The minimum atomic E-state index is -0.274. The van der Waals surface area contributed by atoms with Crippen molar-refractivity contribution in [2.75, 3.05) is 27.4 Å². The Morgan fingerprint density at radius 2 is 1.70 bits per heavy atom. The zero-order valence-corrected chi connectivity index (χ0v) is 14.0. The second kappa shape index (κ2) is 8.53. The molecule has 23 heavy (non-hydrogen) atoms. The van der Waals surface area contributed by atoms with Gasteiger partial charge in [-0.2, -0.15) is 0 Å². The highest BCUT2D eigenvalue weighted by Gasteiger charge is 2.17. The first-order valence-electron chi connectivity index (χ1n) is 7.89. The number of fused-ring (bicyclic) bond motifs is 1. The summed E-state index contributed by atoms with van der Waals surface area (Å²) in [5.74, 6) is 0.368. The van der Waals surface area contributed by atoms with Crippen LogP contribution in [0.4, 0.5) is 0 Å². The molecular weight excluding hydrogens is 292 g/mol. The topological polar surface area (TPSA) is 44.8 Å². The third-order valence-corrected chi connectivity index (χ3v) is 3.91. The van der Waals surface area contributed by atoms with Gasteiger partial charge in [0.1, 0.15) is 5.75 Å². The van der Waals surface area contributed by atoms with Crippen LogP contribution in [0.3, 0.4) is 0 Å². The third-order valence-electron chi connectivity index (χ3n) is 3.91. The van der Waals surface area contributed by atoms with Crippen LogP contribution in [-0.4, -0.2) is 33.4 Å². The summed E-state index contributed by atoms with van der Waals surface area (Å²) in [5, 5.41) is 2.18. The van der Waals surface area contributed by atoms with Gasteiger partial charge in [0.15, 0.2) is 0 Å². The largest absolute Gasteiger partial charge is 0.497 e. The summed E-state index contributed by atoms with van der Waals surface area (Å²) < 4.78 is 15.5. The van der Waals surface area contributed by atoms with Crippen LogP contribution in [-0.2, 0) is 14.3 Å². The Labute approximate surface area is 137 Å². The van der Waals surface area contributed by atoms with E-state index in [0.29, 0.717) is 13.2 Å². The molecule has 2 aromatic carbocycles. The van der Waals surface area contributed by atoms with E-state index in [1.165, 1.54) is 0 Å². The van der Waals surface area contributed by atoms with E-state index in [9.17, 15) is 4.79 Å². The van der Waals surface area contributed by atoms with Gasteiger partial charge in [-0.15, -0.1) is 0 Å². The molecule has 0 radical (unpaired) electrons. The molecule has 0 amide bonds. The summed E-state index contributed by atoms with van der Waals surface area (Å²) in [6.07, 6.45) is 1.72. The van der Waals surface area contributed by atoms with E-state index in [-0.39, 0.29) is 11.9 Å². The molecule has 0 saturated heterocycles. The highest BCUT2D eigenvalue weighted by molar-refractivity contribution is 5.86. The number of hydrogen-bond acceptors (Lipinski definition) is 4. The normalized spacial score (nSPS) is 12.1. The lowest BCUT2D eigenvalue weighted by atomic mass is 9.98. The second-order valence-corrected chi connectivity index (χ2v) is 5.56. The molecule has 0 saturated carbocycles. The lowest BCUT2D eigenvalue weighted by Crippen LogP contribution is -2.14. The number of unbranched alkanes of at least 4 members (excludes halogenated alkanes) is 1. The number of esters is 1. The SMILES string of the molecule is COCCCCOC(=O)[C@@H](C)c1ccc2cc(OC)ccc2c1. The fourth-order valence-corrected chi connectivity index (χ4v) is 2.42. The van der Waals surface area contributed by atoms with Crippen LogP contribution < -0.4 is 4.74 Å². The second-order valence-electron chi connectivity index (χ2n) is 5.56. The molecule has 0 aromatic heterocycles. The van der Waals surface area contributed by atoms with Crippen LogP contribution in [0.25, 0.3) is 10.8 Å². The first-order valence-corrected chi connectivity index (χ1v) is 7.89. The van der Waals surface area contributed by atoms with Crippen LogP contribution >= 0.6 is 0 Å². The van der Waals surface area contributed by atoms with Crippen molar-refractivity contribution < 1.29 is 19.0 Å². The molecule has 0 bridgehead atoms. The molecule has 0 heterocycles. The van der Waals surface area contributed by atoms with Crippen LogP contribution in [0, 0.1) is 0 Å². The Kier molecular flexibility index (Phi) is 6.41. The minimum absolute atomic E-state index is 0.185. The van der Waals surface area contributed by atoms with Gasteiger partial charge >= 0.3 is 5.97 Å².